The van der Waals surface area contributed by atoms with E-state index in [-0.39, 0.29) is 29.9 Å². The van der Waals surface area contributed by atoms with Crippen LogP contribution in [0.25, 0.3) is 11.4 Å². The Morgan fingerprint density at radius 3 is 2.96 bits per heavy atom. The van der Waals surface area contributed by atoms with Crippen LogP contribution in [0.1, 0.15) is 12.6 Å². The van der Waals surface area contributed by atoms with E-state index in [4.69, 9.17) is 0 Å². The van der Waals surface area contributed by atoms with Crippen LogP contribution in [-0.2, 0) is 11.2 Å². The molecule has 2 aromatic rings. The molecular formula is C16H19ClN4O2S. The Morgan fingerprint density at radius 1 is 1.42 bits per heavy atom. The van der Waals surface area contributed by atoms with Crippen molar-refractivity contribution in [1.29, 1.82) is 0 Å². The predicted molar refractivity (Wildman–Crippen MR) is 99.8 cm³/mol. The molecule has 1 aliphatic heterocycles. The minimum Gasteiger partial charge on any atom is -0.325 e. The number of halogens is 1. The second-order valence-corrected chi connectivity index (χ2v) is 6.31. The van der Waals surface area contributed by atoms with Gasteiger partial charge in [-0.1, -0.05) is 19.1 Å². The van der Waals surface area contributed by atoms with Crippen molar-refractivity contribution in [2.45, 2.75) is 19.4 Å². The smallest absolute Gasteiger partial charge is 0.251 e. The zero-order valence-electron chi connectivity index (χ0n) is 13.2. The molecule has 6 nitrogen and oxygen atoms in total. The Morgan fingerprint density at radius 2 is 2.25 bits per heavy atom. The summed E-state index contributed by atoms with van der Waals surface area (Å²) in [6, 6.07) is 8.67. The predicted octanol–water partition coefficient (Wildman–Crippen LogP) is 2.02. The summed E-state index contributed by atoms with van der Waals surface area (Å²) in [5.74, 6) is 2.04. The number of carbonyl (C=O) groups excluding carboxylic acids is 1. The summed E-state index contributed by atoms with van der Waals surface area (Å²) in [4.78, 5) is 31.0. The van der Waals surface area contributed by atoms with Crippen LogP contribution in [0.5, 0.6) is 0 Å². The highest BCUT2D eigenvalue weighted by molar-refractivity contribution is 7.99. The van der Waals surface area contributed by atoms with E-state index in [0.29, 0.717) is 17.9 Å². The lowest BCUT2D eigenvalue weighted by molar-refractivity contribution is -0.117. The normalized spacial score (nSPS) is 16.5. The molecular weight excluding hydrogens is 348 g/mol. The number of amides is 1. The largest absolute Gasteiger partial charge is 0.325 e. The first-order valence-electron chi connectivity index (χ1n) is 7.48. The van der Waals surface area contributed by atoms with Crippen molar-refractivity contribution in [3.63, 3.8) is 0 Å². The number of hydrogen-bond acceptors (Lipinski definition) is 5. The van der Waals surface area contributed by atoms with Gasteiger partial charge in [0, 0.05) is 34.6 Å². The molecule has 1 aliphatic rings. The maximum Gasteiger partial charge on any atom is 0.251 e. The van der Waals surface area contributed by atoms with E-state index in [0.717, 1.165) is 22.9 Å². The highest BCUT2D eigenvalue weighted by atomic mass is 35.5. The monoisotopic (exact) mass is 366 g/mol. The van der Waals surface area contributed by atoms with E-state index >= 15 is 0 Å². The molecule has 3 N–H and O–H groups in total. The third kappa shape index (κ3) is 4.37. The molecule has 1 saturated heterocycles. The highest BCUT2D eigenvalue weighted by Crippen LogP contribution is 2.20. The second-order valence-electron chi connectivity index (χ2n) is 5.28. The summed E-state index contributed by atoms with van der Waals surface area (Å²) < 4.78 is 0. The van der Waals surface area contributed by atoms with E-state index in [9.17, 15) is 9.59 Å². The molecule has 2 heterocycles. The number of aromatic nitrogens is 2. The molecule has 1 aromatic heterocycles. The van der Waals surface area contributed by atoms with Crippen molar-refractivity contribution in [1.82, 2.24) is 15.3 Å². The van der Waals surface area contributed by atoms with Gasteiger partial charge in [-0.05, 0) is 18.6 Å². The number of nitrogens with one attached hydrogen (secondary N) is 3. The lowest BCUT2D eigenvalue weighted by Gasteiger charge is -2.11. The molecule has 0 aliphatic carbocycles. The molecule has 0 spiro atoms. The number of rotatable bonds is 4. The third-order valence-electron chi connectivity index (χ3n) is 3.59. The van der Waals surface area contributed by atoms with Crippen molar-refractivity contribution in [3.05, 3.63) is 46.4 Å². The van der Waals surface area contributed by atoms with Gasteiger partial charge in [-0.25, -0.2) is 4.98 Å². The summed E-state index contributed by atoms with van der Waals surface area (Å²) in [5.41, 5.74) is 2.03. The van der Waals surface area contributed by atoms with Crippen LogP contribution in [0, 0.1) is 0 Å². The molecule has 1 fully saturated rings. The first-order chi connectivity index (χ1) is 11.2. The van der Waals surface area contributed by atoms with Gasteiger partial charge >= 0.3 is 0 Å². The quantitative estimate of drug-likeness (QED) is 0.770. The van der Waals surface area contributed by atoms with Crippen molar-refractivity contribution < 1.29 is 4.79 Å². The Bertz CT molecular complexity index is 775. The standard InChI is InChI=1S/C16H18N4O2S.ClH/c1-2-11-7-14(21)20-15(18-11)10-4-3-5-12(6-10)19-16(22)13-8-23-9-17-13;/h3-7,13,17H,2,8-9H2,1H3,(H,19,22)(H,18,20,21);1H. The van der Waals surface area contributed by atoms with Gasteiger partial charge in [0.2, 0.25) is 5.91 Å². The summed E-state index contributed by atoms with van der Waals surface area (Å²) in [5, 5.41) is 6.04. The number of anilines is 1. The number of nitrogens with zero attached hydrogens (tertiary/aromatic N) is 1. The maximum absolute atomic E-state index is 12.2. The Labute approximate surface area is 150 Å². The van der Waals surface area contributed by atoms with Gasteiger partial charge in [0.25, 0.3) is 5.56 Å². The zero-order valence-corrected chi connectivity index (χ0v) is 14.8. The Balaban J connectivity index is 0.00000208. The second kappa shape index (κ2) is 8.32. The molecule has 3 rings (SSSR count). The molecule has 1 unspecified atom stereocenters. The number of thioether (sulfide) groups is 1. The summed E-state index contributed by atoms with van der Waals surface area (Å²) in [7, 11) is 0. The van der Waals surface area contributed by atoms with Crippen molar-refractivity contribution >= 4 is 35.8 Å². The first-order valence-corrected chi connectivity index (χ1v) is 8.64. The average molecular weight is 367 g/mol. The first kappa shape index (κ1) is 18.5. The summed E-state index contributed by atoms with van der Waals surface area (Å²) in [6.07, 6.45) is 0.693. The summed E-state index contributed by atoms with van der Waals surface area (Å²) >= 11 is 1.71. The van der Waals surface area contributed by atoms with Crippen LogP contribution in [0.4, 0.5) is 5.69 Å². The van der Waals surface area contributed by atoms with E-state index < -0.39 is 0 Å². The summed E-state index contributed by atoms with van der Waals surface area (Å²) in [6.45, 7) is 1.95. The van der Waals surface area contributed by atoms with E-state index in [1.807, 2.05) is 31.2 Å². The van der Waals surface area contributed by atoms with Gasteiger partial charge in [0.15, 0.2) is 0 Å². The van der Waals surface area contributed by atoms with Crippen LogP contribution in [0.2, 0.25) is 0 Å². The fraction of sp³-hybridized carbons (Fsp3) is 0.312. The van der Waals surface area contributed by atoms with Gasteiger partial charge in [-0.3, -0.25) is 14.9 Å². The molecule has 1 aromatic carbocycles. The van der Waals surface area contributed by atoms with E-state index in [1.165, 1.54) is 6.07 Å². The third-order valence-corrected chi connectivity index (χ3v) is 4.53. The molecule has 24 heavy (non-hydrogen) atoms. The molecule has 0 radical (unpaired) electrons. The minimum atomic E-state index is -0.173. The molecule has 128 valence electrons. The molecule has 8 heteroatoms. The van der Waals surface area contributed by atoms with E-state index in [2.05, 4.69) is 20.6 Å². The van der Waals surface area contributed by atoms with Crippen molar-refractivity contribution in [2.24, 2.45) is 0 Å². The van der Waals surface area contributed by atoms with E-state index in [1.54, 1.807) is 11.8 Å². The number of aromatic amines is 1. The number of carbonyl (C=O) groups is 1. The number of hydrogen-bond donors (Lipinski definition) is 3. The zero-order chi connectivity index (χ0) is 16.2. The molecule has 0 bridgehead atoms. The molecule has 1 amide bonds. The SMILES string of the molecule is CCc1cc(=O)[nH]c(-c2cccc(NC(=O)C3CSCN3)c2)n1.Cl. The fourth-order valence-corrected chi connectivity index (χ4v) is 3.30. The van der Waals surface area contributed by atoms with Gasteiger partial charge in [0.05, 0.1) is 6.04 Å². The topological polar surface area (TPSA) is 86.9 Å². The maximum atomic E-state index is 12.2. The highest BCUT2D eigenvalue weighted by Gasteiger charge is 2.22. The van der Waals surface area contributed by atoms with Gasteiger partial charge < -0.3 is 10.3 Å². The Hall–Kier alpha value is -1.83. The average Bonchev–Trinajstić information content (AvgIpc) is 3.09. The number of H-pyrrole nitrogens is 1. The van der Waals surface area contributed by atoms with Crippen molar-refractivity contribution in [3.8, 4) is 11.4 Å². The van der Waals surface area contributed by atoms with Crippen LogP contribution >= 0.6 is 24.2 Å². The number of benzene rings is 1. The lowest BCUT2D eigenvalue weighted by atomic mass is 10.1. The van der Waals surface area contributed by atoms with Crippen LogP contribution < -0.4 is 16.2 Å². The lowest BCUT2D eigenvalue weighted by Crippen LogP contribution is -2.37. The van der Waals surface area contributed by atoms with Crippen LogP contribution in [0.3, 0.4) is 0 Å². The molecule has 1 atom stereocenters. The number of aryl methyl sites for hydroxylation is 1. The van der Waals surface area contributed by atoms with Crippen LogP contribution in [-0.4, -0.2) is 33.5 Å². The van der Waals surface area contributed by atoms with Gasteiger partial charge in [0.1, 0.15) is 5.82 Å². The Kier molecular flexibility index (Phi) is 6.42. The molecule has 0 saturated carbocycles. The minimum absolute atomic E-state index is 0. The van der Waals surface area contributed by atoms with Gasteiger partial charge in [-0.15, -0.1) is 24.2 Å². The fourth-order valence-electron chi connectivity index (χ4n) is 2.36. The van der Waals surface area contributed by atoms with Crippen molar-refractivity contribution in [2.75, 3.05) is 16.9 Å². The van der Waals surface area contributed by atoms with Gasteiger partial charge in [-0.2, -0.15) is 0 Å². The van der Waals surface area contributed by atoms with Crippen LogP contribution in [0.15, 0.2) is 35.1 Å².